The number of rotatable bonds is 3. The predicted octanol–water partition coefficient (Wildman–Crippen LogP) is 0.892. The van der Waals surface area contributed by atoms with Crippen LogP contribution in [-0.2, 0) is 11.3 Å². The Morgan fingerprint density at radius 3 is 3.05 bits per heavy atom. The zero-order valence-corrected chi connectivity index (χ0v) is 12.6. The second-order valence-electron chi connectivity index (χ2n) is 5.76. The molecule has 0 aliphatic carbocycles. The van der Waals surface area contributed by atoms with Gasteiger partial charge in [-0.1, -0.05) is 17.4 Å². The maximum atomic E-state index is 12.0. The van der Waals surface area contributed by atoms with Crippen molar-refractivity contribution in [3.63, 3.8) is 0 Å². The average Bonchev–Trinajstić information content (AvgIpc) is 2.97. The fraction of sp³-hybridized carbons (Fsp3) is 0.429. The molecule has 114 valence electrons. The smallest absolute Gasteiger partial charge is 0.250 e. The van der Waals surface area contributed by atoms with Gasteiger partial charge < -0.3 is 14.8 Å². The summed E-state index contributed by atoms with van der Waals surface area (Å²) < 4.78 is 1.91. The topological polar surface area (TPSA) is 80.1 Å². The van der Waals surface area contributed by atoms with E-state index in [1.54, 1.807) is 6.07 Å². The van der Waals surface area contributed by atoms with Crippen molar-refractivity contribution in [2.24, 2.45) is 5.92 Å². The normalized spacial score (nSPS) is 23.0. The predicted molar refractivity (Wildman–Crippen MR) is 83.4 cm³/mol. The van der Waals surface area contributed by atoms with E-state index in [1.165, 1.54) is 11.3 Å². The van der Waals surface area contributed by atoms with E-state index < -0.39 is 0 Å². The lowest BCUT2D eigenvalue weighted by molar-refractivity contribution is -0.105. The number of hydrogen-bond acceptors (Lipinski definition) is 6. The number of anilines is 2. The maximum Gasteiger partial charge on any atom is 0.250 e. The van der Waals surface area contributed by atoms with Crippen LogP contribution >= 0.6 is 11.3 Å². The summed E-state index contributed by atoms with van der Waals surface area (Å²) >= 11 is 1.38. The number of hydrogen-bond donors (Lipinski definition) is 1. The Kier molecular flexibility index (Phi) is 3.18. The highest BCUT2D eigenvalue weighted by Gasteiger charge is 2.35. The molecule has 2 atom stereocenters. The number of nitrogens with one attached hydrogen (secondary N) is 1. The first kappa shape index (κ1) is 13.4. The number of amides is 1. The van der Waals surface area contributed by atoms with E-state index in [9.17, 15) is 9.59 Å². The number of carbonyl (C=O) groups is 1. The lowest BCUT2D eigenvalue weighted by Gasteiger charge is -2.42. The van der Waals surface area contributed by atoms with Gasteiger partial charge in [-0.15, -0.1) is 10.2 Å². The van der Waals surface area contributed by atoms with Gasteiger partial charge in [0.1, 0.15) is 0 Å². The highest BCUT2D eigenvalue weighted by atomic mass is 32.1. The number of piperidine rings is 1. The maximum absolute atomic E-state index is 12.0. The summed E-state index contributed by atoms with van der Waals surface area (Å²) in [5.74, 6) is 0.783. The molecule has 2 aliphatic heterocycles. The fourth-order valence-corrected chi connectivity index (χ4v) is 4.23. The molecule has 1 saturated heterocycles. The molecule has 0 spiro atoms. The zero-order chi connectivity index (χ0) is 15.1. The van der Waals surface area contributed by atoms with Crippen LogP contribution in [0.4, 0.5) is 10.3 Å². The van der Waals surface area contributed by atoms with E-state index in [-0.39, 0.29) is 5.56 Å². The Labute approximate surface area is 130 Å². The standard InChI is InChI=1S/C14H15N5O2S/c20-8-15-13-16-17-14(22-13)18-5-9-4-10(7-18)11-2-1-3-12(21)19(11)6-9/h1-3,8-10H,4-7H2,(H,15,16,20)/t9-,10-/m0/s1. The summed E-state index contributed by atoms with van der Waals surface area (Å²) in [7, 11) is 0. The summed E-state index contributed by atoms with van der Waals surface area (Å²) in [5, 5.41) is 12.0. The summed E-state index contributed by atoms with van der Waals surface area (Å²) in [6.45, 7) is 2.46. The molecule has 0 radical (unpaired) electrons. The van der Waals surface area contributed by atoms with Crippen molar-refractivity contribution >= 4 is 28.0 Å². The average molecular weight is 317 g/mol. The van der Waals surface area contributed by atoms with Gasteiger partial charge in [0.15, 0.2) is 0 Å². The molecule has 1 fully saturated rings. The molecule has 1 N–H and O–H groups in total. The molecule has 2 bridgehead atoms. The zero-order valence-electron chi connectivity index (χ0n) is 11.8. The Balaban J connectivity index is 1.62. The van der Waals surface area contributed by atoms with E-state index in [1.807, 2.05) is 16.7 Å². The lowest BCUT2D eigenvalue weighted by atomic mass is 9.83. The summed E-state index contributed by atoms with van der Waals surface area (Å²) in [4.78, 5) is 24.7. The molecule has 4 heterocycles. The van der Waals surface area contributed by atoms with E-state index in [4.69, 9.17) is 0 Å². The summed E-state index contributed by atoms with van der Waals surface area (Å²) in [5.41, 5.74) is 1.21. The Bertz CT molecular complexity index is 771. The molecule has 1 amide bonds. The van der Waals surface area contributed by atoms with Gasteiger partial charge in [-0.05, 0) is 18.4 Å². The SMILES string of the molecule is O=CNc1nnc(N2C[C@@H]3C[C@@H](C2)c2cccc(=O)n2C3)s1. The largest absolute Gasteiger partial charge is 0.346 e. The van der Waals surface area contributed by atoms with Crippen LogP contribution in [0.1, 0.15) is 18.0 Å². The van der Waals surface area contributed by atoms with Crippen LogP contribution in [-0.4, -0.2) is 34.3 Å². The molecular weight excluding hydrogens is 302 g/mol. The van der Waals surface area contributed by atoms with Crippen molar-refractivity contribution in [2.75, 3.05) is 23.3 Å². The molecule has 2 aliphatic rings. The van der Waals surface area contributed by atoms with Crippen molar-refractivity contribution in [3.05, 3.63) is 34.2 Å². The van der Waals surface area contributed by atoms with E-state index in [2.05, 4.69) is 20.4 Å². The van der Waals surface area contributed by atoms with Crippen molar-refractivity contribution in [1.82, 2.24) is 14.8 Å². The number of carbonyl (C=O) groups excluding carboxylic acids is 1. The molecule has 7 nitrogen and oxygen atoms in total. The quantitative estimate of drug-likeness (QED) is 0.851. The molecular formula is C14H15N5O2S. The van der Waals surface area contributed by atoms with Crippen LogP contribution in [0.5, 0.6) is 0 Å². The van der Waals surface area contributed by atoms with Gasteiger partial charge in [-0.2, -0.15) is 0 Å². The number of pyridine rings is 1. The third kappa shape index (κ3) is 2.19. The molecule has 22 heavy (non-hydrogen) atoms. The third-order valence-electron chi connectivity index (χ3n) is 4.35. The highest BCUT2D eigenvalue weighted by Crippen LogP contribution is 2.37. The monoisotopic (exact) mass is 317 g/mol. The van der Waals surface area contributed by atoms with Gasteiger partial charge in [-0.25, -0.2) is 0 Å². The van der Waals surface area contributed by atoms with Crippen molar-refractivity contribution in [2.45, 2.75) is 18.9 Å². The fourth-order valence-electron chi connectivity index (χ4n) is 3.50. The molecule has 4 rings (SSSR count). The van der Waals surface area contributed by atoms with Crippen molar-refractivity contribution in [1.29, 1.82) is 0 Å². The van der Waals surface area contributed by atoms with E-state index in [0.717, 1.165) is 36.9 Å². The van der Waals surface area contributed by atoms with Gasteiger partial charge in [0.05, 0.1) is 0 Å². The van der Waals surface area contributed by atoms with Gasteiger partial charge in [0, 0.05) is 37.3 Å². The van der Waals surface area contributed by atoms with E-state index >= 15 is 0 Å². The van der Waals surface area contributed by atoms with Gasteiger partial charge >= 0.3 is 0 Å². The van der Waals surface area contributed by atoms with Crippen molar-refractivity contribution in [3.8, 4) is 0 Å². The minimum atomic E-state index is 0.0917. The number of nitrogens with zero attached hydrogens (tertiary/aromatic N) is 4. The van der Waals surface area contributed by atoms with Gasteiger partial charge in [0.25, 0.3) is 5.56 Å². The Hall–Kier alpha value is -2.22. The number of fused-ring (bicyclic) bond motifs is 4. The summed E-state index contributed by atoms with van der Waals surface area (Å²) in [6, 6.07) is 5.51. The van der Waals surface area contributed by atoms with Crippen LogP contribution in [0, 0.1) is 5.92 Å². The molecule has 2 aromatic rings. The van der Waals surface area contributed by atoms with Crippen LogP contribution in [0.2, 0.25) is 0 Å². The van der Waals surface area contributed by atoms with Crippen molar-refractivity contribution < 1.29 is 4.79 Å². The third-order valence-corrected chi connectivity index (χ3v) is 5.26. The van der Waals surface area contributed by atoms with Crippen LogP contribution in [0.15, 0.2) is 23.0 Å². The highest BCUT2D eigenvalue weighted by molar-refractivity contribution is 7.19. The minimum Gasteiger partial charge on any atom is -0.346 e. The number of aromatic nitrogens is 3. The Morgan fingerprint density at radius 2 is 2.18 bits per heavy atom. The molecule has 0 saturated carbocycles. The lowest BCUT2D eigenvalue weighted by Crippen LogP contribution is -2.47. The first-order valence-electron chi connectivity index (χ1n) is 7.23. The molecule has 2 aromatic heterocycles. The molecule has 0 unspecified atom stereocenters. The van der Waals surface area contributed by atoms with Crippen LogP contribution in [0.25, 0.3) is 0 Å². The second kappa shape index (κ2) is 5.20. The Morgan fingerprint density at radius 1 is 1.27 bits per heavy atom. The van der Waals surface area contributed by atoms with E-state index in [0.29, 0.717) is 23.4 Å². The van der Waals surface area contributed by atoms with Gasteiger partial charge in [0.2, 0.25) is 16.7 Å². The minimum absolute atomic E-state index is 0.0917. The first-order chi connectivity index (χ1) is 10.7. The first-order valence-corrected chi connectivity index (χ1v) is 8.04. The summed E-state index contributed by atoms with van der Waals surface area (Å²) in [6.07, 6.45) is 1.72. The molecule has 0 aromatic carbocycles. The van der Waals surface area contributed by atoms with Crippen LogP contribution < -0.4 is 15.8 Å². The molecule has 8 heteroatoms. The second-order valence-corrected chi connectivity index (χ2v) is 6.71. The van der Waals surface area contributed by atoms with Crippen LogP contribution in [0.3, 0.4) is 0 Å². The van der Waals surface area contributed by atoms with Gasteiger partial charge in [-0.3, -0.25) is 9.59 Å².